The predicted octanol–water partition coefficient (Wildman–Crippen LogP) is 2.01. The Labute approximate surface area is 132 Å². The topological polar surface area (TPSA) is 44.5 Å². The lowest BCUT2D eigenvalue weighted by atomic mass is 9.87. The SMILES string of the molecule is CN(C)CCn1ncc(Cl)c1C(O)C1(N(C)C)CCCC1. The van der Waals surface area contributed by atoms with Crippen molar-refractivity contribution in [2.75, 3.05) is 34.7 Å². The number of rotatable bonds is 6. The van der Waals surface area contributed by atoms with Gasteiger partial charge in [0.25, 0.3) is 0 Å². The number of aliphatic hydroxyl groups excluding tert-OH is 1. The van der Waals surface area contributed by atoms with Gasteiger partial charge in [-0.1, -0.05) is 24.4 Å². The van der Waals surface area contributed by atoms with Crippen LogP contribution < -0.4 is 0 Å². The number of halogens is 1. The van der Waals surface area contributed by atoms with E-state index in [1.165, 1.54) is 0 Å². The third-order valence-corrected chi connectivity index (χ3v) is 5.01. The van der Waals surface area contributed by atoms with Crippen LogP contribution in [-0.4, -0.2) is 65.0 Å². The summed E-state index contributed by atoms with van der Waals surface area (Å²) in [6, 6.07) is 0. The van der Waals surface area contributed by atoms with Crippen LogP contribution in [0.1, 0.15) is 37.5 Å². The van der Waals surface area contributed by atoms with Gasteiger partial charge in [0, 0.05) is 6.54 Å². The van der Waals surface area contributed by atoms with E-state index >= 15 is 0 Å². The van der Waals surface area contributed by atoms with Crippen molar-refractivity contribution in [1.29, 1.82) is 0 Å². The molecule has 6 heteroatoms. The maximum atomic E-state index is 11.1. The average Bonchev–Trinajstić information content (AvgIpc) is 3.03. The quantitative estimate of drug-likeness (QED) is 0.872. The summed E-state index contributed by atoms with van der Waals surface area (Å²) in [5, 5.41) is 16.0. The fourth-order valence-corrected chi connectivity index (χ4v) is 3.57. The molecule has 21 heavy (non-hydrogen) atoms. The van der Waals surface area contributed by atoms with Crippen LogP contribution in [0.4, 0.5) is 0 Å². The molecule has 1 heterocycles. The Balaban J connectivity index is 2.29. The fourth-order valence-electron chi connectivity index (χ4n) is 3.32. The number of hydrogen-bond donors (Lipinski definition) is 1. The lowest BCUT2D eigenvalue weighted by molar-refractivity contribution is -0.0100. The Morgan fingerprint density at radius 2 is 1.95 bits per heavy atom. The van der Waals surface area contributed by atoms with Crippen LogP contribution in [0.5, 0.6) is 0 Å². The van der Waals surface area contributed by atoms with Crippen LogP contribution in [0.25, 0.3) is 0 Å². The number of aromatic nitrogens is 2. The first kappa shape index (κ1) is 16.7. The van der Waals surface area contributed by atoms with E-state index in [9.17, 15) is 5.11 Å². The van der Waals surface area contributed by atoms with E-state index in [0.29, 0.717) is 5.02 Å². The molecule has 0 bridgehead atoms. The van der Waals surface area contributed by atoms with E-state index in [-0.39, 0.29) is 5.54 Å². The van der Waals surface area contributed by atoms with Gasteiger partial charge >= 0.3 is 0 Å². The van der Waals surface area contributed by atoms with E-state index in [2.05, 4.69) is 14.9 Å². The molecule has 5 nitrogen and oxygen atoms in total. The second-order valence-corrected chi connectivity index (χ2v) is 6.92. The fraction of sp³-hybridized carbons (Fsp3) is 0.800. The normalized spacial score (nSPS) is 19.6. The van der Waals surface area contributed by atoms with Crippen molar-refractivity contribution in [3.63, 3.8) is 0 Å². The summed E-state index contributed by atoms with van der Waals surface area (Å²) in [6.07, 6.45) is 5.34. The first-order chi connectivity index (χ1) is 9.88. The van der Waals surface area contributed by atoms with Gasteiger partial charge in [-0.2, -0.15) is 5.10 Å². The van der Waals surface area contributed by atoms with E-state index in [1.54, 1.807) is 6.20 Å². The zero-order valence-electron chi connectivity index (χ0n) is 13.5. The highest BCUT2D eigenvalue weighted by atomic mass is 35.5. The molecule has 0 radical (unpaired) electrons. The van der Waals surface area contributed by atoms with Crippen LogP contribution in [0, 0.1) is 0 Å². The Bertz CT molecular complexity index is 466. The zero-order chi connectivity index (χ0) is 15.6. The van der Waals surface area contributed by atoms with Gasteiger partial charge in [0.2, 0.25) is 0 Å². The highest BCUT2D eigenvalue weighted by Gasteiger charge is 2.45. The minimum Gasteiger partial charge on any atom is -0.385 e. The molecule has 0 saturated heterocycles. The van der Waals surface area contributed by atoms with Crippen LogP contribution in [0.3, 0.4) is 0 Å². The highest BCUT2D eigenvalue weighted by Crippen LogP contribution is 2.44. The van der Waals surface area contributed by atoms with Crippen molar-refractivity contribution in [3.05, 3.63) is 16.9 Å². The molecule has 1 fully saturated rings. The molecule has 1 atom stereocenters. The number of likely N-dealkylation sites (N-methyl/N-ethyl adjacent to an activating group) is 2. The van der Waals surface area contributed by atoms with E-state index < -0.39 is 6.10 Å². The van der Waals surface area contributed by atoms with Crippen molar-refractivity contribution in [3.8, 4) is 0 Å². The van der Waals surface area contributed by atoms with Gasteiger partial charge < -0.3 is 14.9 Å². The number of aliphatic hydroxyl groups is 1. The van der Waals surface area contributed by atoms with Crippen LogP contribution in [0.15, 0.2) is 6.20 Å². The van der Waals surface area contributed by atoms with Crippen LogP contribution in [-0.2, 0) is 6.54 Å². The molecule has 1 unspecified atom stereocenters. The number of hydrogen-bond acceptors (Lipinski definition) is 4. The molecule has 1 N–H and O–H groups in total. The zero-order valence-corrected chi connectivity index (χ0v) is 14.3. The van der Waals surface area contributed by atoms with E-state index in [0.717, 1.165) is 44.5 Å². The van der Waals surface area contributed by atoms with Gasteiger partial charge in [-0.3, -0.25) is 4.68 Å². The largest absolute Gasteiger partial charge is 0.385 e. The summed E-state index contributed by atoms with van der Waals surface area (Å²) in [7, 11) is 8.14. The van der Waals surface area contributed by atoms with Gasteiger partial charge in [-0.25, -0.2) is 0 Å². The van der Waals surface area contributed by atoms with E-state index in [4.69, 9.17) is 11.6 Å². The Morgan fingerprint density at radius 3 is 2.48 bits per heavy atom. The third kappa shape index (κ3) is 3.26. The Hall–Kier alpha value is -0.620. The van der Waals surface area contributed by atoms with Crippen molar-refractivity contribution < 1.29 is 5.11 Å². The maximum absolute atomic E-state index is 11.1. The van der Waals surface area contributed by atoms with Crippen molar-refractivity contribution in [2.45, 2.75) is 43.9 Å². The molecule has 1 aromatic heterocycles. The lowest BCUT2D eigenvalue weighted by Crippen LogP contribution is -2.47. The summed E-state index contributed by atoms with van der Waals surface area (Å²) >= 11 is 6.32. The van der Waals surface area contributed by atoms with Gasteiger partial charge in [0.15, 0.2) is 0 Å². The summed E-state index contributed by atoms with van der Waals surface area (Å²) in [4.78, 5) is 4.26. The number of nitrogens with zero attached hydrogens (tertiary/aromatic N) is 4. The van der Waals surface area contributed by atoms with E-state index in [1.807, 2.05) is 32.9 Å². The molecule has 1 aliphatic rings. The third-order valence-electron chi connectivity index (χ3n) is 4.72. The summed E-state index contributed by atoms with van der Waals surface area (Å²) in [5.74, 6) is 0. The van der Waals surface area contributed by atoms with Crippen LogP contribution >= 0.6 is 11.6 Å². The maximum Gasteiger partial charge on any atom is 0.115 e. The Morgan fingerprint density at radius 1 is 1.33 bits per heavy atom. The molecular formula is C15H27ClN4O. The summed E-state index contributed by atoms with van der Waals surface area (Å²) in [6.45, 7) is 1.60. The van der Waals surface area contributed by atoms with Gasteiger partial charge in [0.1, 0.15) is 6.10 Å². The summed E-state index contributed by atoms with van der Waals surface area (Å²) < 4.78 is 1.86. The standard InChI is InChI=1S/C15H27ClN4O/c1-18(2)9-10-20-13(12(16)11-17-20)14(21)15(19(3)4)7-5-6-8-15/h11,14,21H,5-10H2,1-4H3. The molecule has 0 spiro atoms. The molecular weight excluding hydrogens is 288 g/mol. The molecule has 1 aromatic rings. The first-order valence-corrected chi connectivity index (χ1v) is 7.98. The monoisotopic (exact) mass is 314 g/mol. The minimum atomic E-state index is -0.604. The Kier molecular flexibility index (Phi) is 5.30. The van der Waals surface area contributed by atoms with Gasteiger partial charge in [-0.05, 0) is 41.0 Å². The van der Waals surface area contributed by atoms with Gasteiger partial charge in [0.05, 0.1) is 29.0 Å². The van der Waals surface area contributed by atoms with Crippen molar-refractivity contribution in [2.24, 2.45) is 0 Å². The van der Waals surface area contributed by atoms with Crippen LogP contribution in [0.2, 0.25) is 5.02 Å². The van der Waals surface area contributed by atoms with Gasteiger partial charge in [-0.15, -0.1) is 0 Å². The molecule has 0 aromatic carbocycles. The molecule has 0 amide bonds. The second kappa shape index (κ2) is 6.65. The smallest absolute Gasteiger partial charge is 0.115 e. The highest BCUT2D eigenvalue weighted by molar-refractivity contribution is 6.31. The molecule has 1 saturated carbocycles. The average molecular weight is 315 g/mol. The first-order valence-electron chi connectivity index (χ1n) is 7.60. The predicted molar refractivity (Wildman–Crippen MR) is 85.6 cm³/mol. The molecule has 1 aliphatic carbocycles. The van der Waals surface area contributed by atoms with Crippen molar-refractivity contribution >= 4 is 11.6 Å². The second-order valence-electron chi connectivity index (χ2n) is 6.51. The lowest BCUT2D eigenvalue weighted by Gasteiger charge is -2.40. The molecule has 2 rings (SSSR count). The summed E-state index contributed by atoms with van der Waals surface area (Å²) in [5.41, 5.74) is 0.536. The molecule has 0 aliphatic heterocycles. The van der Waals surface area contributed by atoms with Crippen molar-refractivity contribution in [1.82, 2.24) is 19.6 Å². The minimum absolute atomic E-state index is 0.223. The molecule has 120 valence electrons.